The highest BCUT2D eigenvalue weighted by atomic mass is 16.4. The topological polar surface area (TPSA) is 89.3 Å². The average molecular weight is 160 g/mol. The Kier molecular flexibility index (Phi) is 4.07. The van der Waals surface area contributed by atoms with Gasteiger partial charge in [-0.3, -0.25) is 4.79 Å². The van der Waals surface area contributed by atoms with Gasteiger partial charge < -0.3 is 16.6 Å². The van der Waals surface area contributed by atoms with Gasteiger partial charge in [-0.1, -0.05) is 0 Å². The van der Waals surface area contributed by atoms with E-state index in [-0.39, 0.29) is 6.42 Å². The maximum absolute atomic E-state index is 10.1. The maximum Gasteiger partial charge on any atom is 0.303 e. The molecule has 0 fully saturated rings. The zero-order chi connectivity index (χ0) is 8.91. The summed E-state index contributed by atoms with van der Waals surface area (Å²) in [6.07, 6.45) is 2.30. The molecule has 0 aromatic rings. The fourth-order valence-corrected chi connectivity index (χ4v) is 0.782. The van der Waals surface area contributed by atoms with Crippen molar-refractivity contribution in [3.05, 3.63) is 0 Å². The largest absolute Gasteiger partial charge is 0.481 e. The predicted octanol–water partition coefficient (Wildman–Crippen LogP) is 0.265. The van der Waals surface area contributed by atoms with Gasteiger partial charge >= 0.3 is 5.97 Å². The fourth-order valence-electron chi connectivity index (χ4n) is 0.782. The van der Waals surface area contributed by atoms with Crippen LogP contribution in [0.1, 0.15) is 32.6 Å². The fraction of sp³-hybridized carbons (Fsp3) is 0.857. The van der Waals surface area contributed by atoms with Crippen LogP contribution in [0, 0.1) is 0 Å². The monoisotopic (exact) mass is 160 g/mol. The average Bonchev–Trinajstić information content (AvgIpc) is 1.78. The molecule has 0 saturated carbocycles. The second kappa shape index (κ2) is 4.31. The third kappa shape index (κ3) is 9.39. The molecule has 0 aliphatic rings. The van der Waals surface area contributed by atoms with Crippen LogP contribution in [0.5, 0.6) is 0 Å². The number of nitrogens with two attached hydrogens (primary N) is 2. The summed E-state index contributed by atoms with van der Waals surface area (Å²) in [5, 5.41) is 8.28. The summed E-state index contributed by atoms with van der Waals surface area (Å²) >= 11 is 0. The molecule has 11 heavy (non-hydrogen) atoms. The van der Waals surface area contributed by atoms with E-state index in [1.54, 1.807) is 6.92 Å². The standard InChI is InChI=1S/C7H16N2O2/c1-7(8,9)5-3-2-4-6(10)11/h2-5,8-9H2,1H3,(H,10,11). The molecule has 0 atom stereocenters. The van der Waals surface area contributed by atoms with Gasteiger partial charge in [-0.05, 0) is 26.2 Å². The van der Waals surface area contributed by atoms with Gasteiger partial charge in [0.1, 0.15) is 0 Å². The molecular formula is C7H16N2O2. The highest BCUT2D eigenvalue weighted by Gasteiger charge is 2.09. The number of hydrogen-bond donors (Lipinski definition) is 3. The third-order valence-electron chi connectivity index (χ3n) is 1.36. The molecule has 0 unspecified atom stereocenters. The van der Waals surface area contributed by atoms with E-state index in [0.29, 0.717) is 12.8 Å². The molecule has 4 heteroatoms. The second-order valence-corrected chi connectivity index (χ2v) is 3.11. The normalized spacial score (nSPS) is 11.5. The lowest BCUT2D eigenvalue weighted by atomic mass is 10.1. The summed E-state index contributed by atoms with van der Waals surface area (Å²) in [7, 11) is 0. The Morgan fingerprint density at radius 2 is 2.00 bits per heavy atom. The lowest BCUT2D eigenvalue weighted by Gasteiger charge is -2.17. The van der Waals surface area contributed by atoms with Crippen LogP contribution in [0.3, 0.4) is 0 Å². The summed E-state index contributed by atoms with van der Waals surface area (Å²) < 4.78 is 0. The van der Waals surface area contributed by atoms with E-state index < -0.39 is 11.6 Å². The van der Waals surface area contributed by atoms with E-state index in [4.69, 9.17) is 16.6 Å². The third-order valence-corrected chi connectivity index (χ3v) is 1.36. The van der Waals surface area contributed by atoms with Crippen LogP contribution in [0.4, 0.5) is 0 Å². The van der Waals surface area contributed by atoms with Crippen molar-refractivity contribution < 1.29 is 9.90 Å². The maximum atomic E-state index is 10.1. The molecule has 0 radical (unpaired) electrons. The highest BCUT2D eigenvalue weighted by Crippen LogP contribution is 2.05. The molecule has 0 bridgehead atoms. The summed E-state index contributed by atoms with van der Waals surface area (Å²) in [6.45, 7) is 1.73. The molecule has 0 spiro atoms. The molecular weight excluding hydrogens is 144 g/mol. The van der Waals surface area contributed by atoms with Gasteiger partial charge in [0, 0.05) is 6.42 Å². The molecule has 5 N–H and O–H groups in total. The molecule has 0 aromatic heterocycles. The van der Waals surface area contributed by atoms with Gasteiger partial charge in [0.15, 0.2) is 0 Å². The first kappa shape index (κ1) is 10.4. The lowest BCUT2D eigenvalue weighted by Crippen LogP contribution is -2.45. The number of hydrogen-bond acceptors (Lipinski definition) is 3. The highest BCUT2D eigenvalue weighted by molar-refractivity contribution is 5.66. The Morgan fingerprint density at radius 3 is 2.36 bits per heavy atom. The van der Waals surface area contributed by atoms with Crippen molar-refractivity contribution in [2.75, 3.05) is 0 Å². The minimum Gasteiger partial charge on any atom is -0.481 e. The summed E-state index contributed by atoms with van der Waals surface area (Å²) in [4.78, 5) is 10.1. The quantitative estimate of drug-likeness (QED) is 0.397. The van der Waals surface area contributed by atoms with Gasteiger partial charge in [-0.15, -0.1) is 0 Å². The van der Waals surface area contributed by atoms with Crippen molar-refractivity contribution in [1.29, 1.82) is 0 Å². The lowest BCUT2D eigenvalue weighted by molar-refractivity contribution is -0.137. The molecule has 0 rings (SSSR count). The molecule has 0 heterocycles. The number of carboxylic acid groups (broad SMARTS) is 1. The first-order chi connectivity index (χ1) is 4.92. The number of unbranched alkanes of at least 4 members (excludes halogenated alkanes) is 1. The van der Waals surface area contributed by atoms with Crippen LogP contribution in [0.15, 0.2) is 0 Å². The Bertz CT molecular complexity index is 129. The zero-order valence-electron chi connectivity index (χ0n) is 6.84. The summed E-state index contributed by atoms with van der Waals surface area (Å²) in [6, 6.07) is 0. The Morgan fingerprint density at radius 1 is 1.45 bits per heavy atom. The minimum atomic E-state index is -0.763. The van der Waals surface area contributed by atoms with Crippen molar-refractivity contribution in [3.8, 4) is 0 Å². The van der Waals surface area contributed by atoms with Crippen LogP contribution in [-0.4, -0.2) is 16.7 Å². The first-order valence-electron chi connectivity index (χ1n) is 3.71. The molecule has 0 amide bonds. The molecule has 0 aromatic carbocycles. The number of carboxylic acids is 1. The van der Waals surface area contributed by atoms with Crippen molar-refractivity contribution >= 4 is 5.97 Å². The van der Waals surface area contributed by atoms with Crippen LogP contribution in [0.25, 0.3) is 0 Å². The Hall–Kier alpha value is -0.610. The van der Waals surface area contributed by atoms with Crippen molar-refractivity contribution in [3.63, 3.8) is 0 Å². The van der Waals surface area contributed by atoms with E-state index in [9.17, 15) is 4.79 Å². The van der Waals surface area contributed by atoms with Crippen LogP contribution < -0.4 is 11.5 Å². The van der Waals surface area contributed by atoms with E-state index in [1.807, 2.05) is 0 Å². The van der Waals surface area contributed by atoms with Crippen LogP contribution in [-0.2, 0) is 4.79 Å². The molecule has 4 nitrogen and oxygen atoms in total. The second-order valence-electron chi connectivity index (χ2n) is 3.11. The van der Waals surface area contributed by atoms with Crippen molar-refractivity contribution in [2.24, 2.45) is 11.5 Å². The SMILES string of the molecule is CC(N)(N)CCCCC(=O)O. The predicted molar refractivity (Wildman–Crippen MR) is 42.9 cm³/mol. The van der Waals surface area contributed by atoms with Gasteiger partial charge in [-0.25, -0.2) is 0 Å². The van der Waals surface area contributed by atoms with Crippen LogP contribution in [0.2, 0.25) is 0 Å². The molecule has 66 valence electrons. The first-order valence-corrected chi connectivity index (χ1v) is 3.71. The van der Waals surface area contributed by atoms with Crippen molar-refractivity contribution in [1.82, 2.24) is 0 Å². The van der Waals surface area contributed by atoms with Crippen LogP contribution >= 0.6 is 0 Å². The van der Waals surface area contributed by atoms with E-state index in [0.717, 1.165) is 6.42 Å². The molecule has 0 aliphatic heterocycles. The smallest absolute Gasteiger partial charge is 0.303 e. The summed E-state index contributed by atoms with van der Waals surface area (Å²) in [5.41, 5.74) is 10.3. The van der Waals surface area contributed by atoms with E-state index in [2.05, 4.69) is 0 Å². The number of carbonyl (C=O) groups is 1. The van der Waals surface area contributed by atoms with Crippen molar-refractivity contribution in [2.45, 2.75) is 38.3 Å². The Balaban J connectivity index is 3.22. The molecule has 0 saturated heterocycles. The van der Waals surface area contributed by atoms with Gasteiger partial charge in [-0.2, -0.15) is 0 Å². The number of rotatable bonds is 5. The zero-order valence-corrected chi connectivity index (χ0v) is 6.84. The number of aliphatic carboxylic acids is 1. The van der Waals surface area contributed by atoms with Gasteiger partial charge in [0.05, 0.1) is 5.66 Å². The Labute approximate surface area is 66.6 Å². The summed E-state index contributed by atoms with van der Waals surface area (Å²) in [5.74, 6) is -0.763. The van der Waals surface area contributed by atoms with Gasteiger partial charge in [0.25, 0.3) is 0 Å². The van der Waals surface area contributed by atoms with Gasteiger partial charge in [0.2, 0.25) is 0 Å². The van der Waals surface area contributed by atoms with E-state index in [1.165, 1.54) is 0 Å². The molecule has 0 aliphatic carbocycles. The minimum absolute atomic E-state index is 0.204. The van der Waals surface area contributed by atoms with E-state index >= 15 is 0 Å².